The van der Waals surface area contributed by atoms with E-state index in [1.807, 2.05) is 0 Å². The first kappa shape index (κ1) is 47.1. The highest BCUT2D eigenvalue weighted by Gasteiger charge is 2.62. The molecule has 3 unspecified atom stereocenters. The van der Waals surface area contributed by atoms with Crippen LogP contribution < -0.4 is 14.2 Å². The fraction of sp³-hybridized carbons (Fsp3) is 0.714. The monoisotopic (exact) mass is 805 g/mol. The van der Waals surface area contributed by atoms with Gasteiger partial charge in [-0.2, -0.15) is 74.3 Å². The fourth-order valence-electron chi connectivity index (χ4n) is 2.95. The van der Waals surface area contributed by atoms with Crippen molar-refractivity contribution in [3.8, 4) is 17.2 Å². The molecule has 0 bridgehead atoms. The second kappa shape index (κ2) is 17.1. The second-order valence-electron chi connectivity index (χ2n) is 8.94. The maximum Gasteiger partial charge on any atom is 0.439 e. The van der Waals surface area contributed by atoms with Gasteiger partial charge in [0.15, 0.2) is 16.4 Å². The molecule has 0 aliphatic heterocycles. The number of ether oxygens (including phenoxy) is 3. The van der Waals surface area contributed by atoms with Gasteiger partial charge in [0.05, 0.1) is 19.8 Å². The van der Waals surface area contributed by atoms with Gasteiger partial charge < -0.3 is 29.5 Å². The molecular formula is C21H21F18NO9S. The van der Waals surface area contributed by atoms with Crippen LogP contribution in [0.15, 0.2) is 17.0 Å². The van der Waals surface area contributed by atoms with Crippen LogP contribution in [0.5, 0.6) is 17.2 Å². The topological polar surface area (TPSA) is 146 Å². The number of halogens is 18. The standard InChI is InChI=1S/C15H6F18O6S.C6H15NO3/c16-7(10(19,20)21)13(28,29)37-3-1-4(38-14(30,31)8(17)11(22,23)24)6(40(34,35)36)5(2-3)39-15(32,33)9(18)12(25,26)27;8-4-1-7(2-5-9)3-6-10/h1-2,7-9H,(H,34,35,36);8-10H,1-6H2. The van der Waals surface area contributed by atoms with Crippen LogP contribution >= 0.6 is 0 Å². The van der Waals surface area contributed by atoms with Crippen LogP contribution in [0.25, 0.3) is 0 Å². The predicted molar refractivity (Wildman–Crippen MR) is 124 cm³/mol. The van der Waals surface area contributed by atoms with Crippen LogP contribution in [0, 0.1) is 0 Å². The molecule has 0 aromatic heterocycles. The summed E-state index contributed by atoms with van der Waals surface area (Å²) in [4.78, 5) is -1.18. The Hall–Kier alpha value is -2.89. The highest BCUT2D eigenvalue weighted by molar-refractivity contribution is 7.86. The van der Waals surface area contributed by atoms with Crippen molar-refractivity contribution in [3.05, 3.63) is 12.1 Å². The average Bonchev–Trinajstić information content (AvgIpc) is 2.89. The number of nitrogens with zero attached hydrogens (tertiary/aromatic N) is 1. The quantitative estimate of drug-likeness (QED) is 0.136. The SMILES string of the molecule is O=S(=O)(O)c1c(OC(F)(F)C(F)C(F)(F)F)cc(OC(F)(F)C(F)C(F)(F)F)cc1OC(F)(F)C(F)C(F)(F)F.OCCN(CCO)CCO. The molecule has 1 aromatic carbocycles. The lowest BCUT2D eigenvalue weighted by molar-refractivity contribution is -0.307. The smallest absolute Gasteiger partial charge is 0.430 e. The zero-order chi connectivity index (χ0) is 39.9. The molecule has 0 spiro atoms. The zero-order valence-corrected chi connectivity index (χ0v) is 24.4. The molecule has 1 rings (SSSR count). The van der Waals surface area contributed by atoms with Gasteiger partial charge in [-0.3, -0.25) is 9.45 Å². The van der Waals surface area contributed by atoms with Gasteiger partial charge in [-0.1, -0.05) is 0 Å². The Labute approximate surface area is 266 Å². The van der Waals surface area contributed by atoms with E-state index in [1.54, 1.807) is 4.90 Å². The molecule has 0 fully saturated rings. The van der Waals surface area contributed by atoms with Crippen molar-refractivity contribution in [2.24, 2.45) is 0 Å². The molecule has 0 saturated carbocycles. The summed E-state index contributed by atoms with van der Waals surface area (Å²) in [5.74, 6) is -8.46. The summed E-state index contributed by atoms with van der Waals surface area (Å²) >= 11 is 0. The Morgan fingerprint density at radius 2 is 0.820 bits per heavy atom. The first-order chi connectivity index (χ1) is 22.2. The van der Waals surface area contributed by atoms with Gasteiger partial charge >= 0.3 is 47.0 Å². The molecule has 29 heteroatoms. The maximum atomic E-state index is 13.7. The largest absolute Gasteiger partial charge is 0.439 e. The van der Waals surface area contributed by atoms with E-state index in [0.717, 1.165) is 0 Å². The number of aliphatic hydroxyl groups is 3. The number of alkyl halides is 18. The lowest BCUT2D eigenvalue weighted by atomic mass is 10.2. The van der Waals surface area contributed by atoms with E-state index in [2.05, 4.69) is 14.2 Å². The first-order valence-electron chi connectivity index (χ1n) is 12.2. The van der Waals surface area contributed by atoms with Crippen LogP contribution in [-0.2, 0) is 10.1 Å². The third kappa shape index (κ3) is 14.0. The summed E-state index contributed by atoms with van der Waals surface area (Å²) < 4.78 is 273. The van der Waals surface area contributed by atoms with Crippen LogP contribution in [-0.4, -0.2) is 128 Å². The number of rotatable bonds is 16. The maximum absolute atomic E-state index is 13.7. The van der Waals surface area contributed by atoms with Gasteiger partial charge in [0.25, 0.3) is 18.5 Å². The van der Waals surface area contributed by atoms with Crippen molar-refractivity contribution in [1.82, 2.24) is 4.90 Å². The van der Waals surface area contributed by atoms with Crippen molar-refractivity contribution in [1.29, 1.82) is 0 Å². The summed E-state index contributed by atoms with van der Waals surface area (Å²) in [6.07, 6.45) is -55.4. The Bertz CT molecular complexity index is 1260. The third-order valence-electron chi connectivity index (χ3n) is 4.99. The molecule has 4 N–H and O–H groups in total. The van der Waals surface area contributed by atoms with Gasteiger partial charge in [-0.15, -0.1) is 0 Å². The van der Waals surface area contributed by atoms with Crippen molar-refractivity contribution < 1.29 is 122 Å². The minimum Gasteiger partial charge on any atom is -0.430 e. The van der Waals surface area contributed by atoms with E-state index in [0.29, 0.717) is 19.6 Å². The van der Waals surface area contributed by atoms with Crippen LogP contribution in [0.4, 0.5) is 79.0 Å². The molecule has 0 amide bonds. The molecule has 296 valence electrons. The summed E-state index contributed by atoms with van der Waals surface area (Å²) in [6.45, 7) is 1.75. The molecule has 10 nitrogen and oxygen atoms in total. The van der Waals surface area contributed by atoms with Crippen molar-refractivity contribution >= 4 is 10.1 Å². The number of hydrogen-bond acceptors (Lipinski definition) is 9. The van der Waals surface area contributed by atoms with Gasteiger partial charge in [-0.25, -0.2) is 13.2 Å². The molecule has 1 aromatic rings. The molecule has 3 atom stereocenters. The number of aliphatic hydroxyl groups excluding tert-OH is 3. The molecule has 0 radical (unpaired) electrons. The molecule has 0 heterocycles. The first-order valence-corrected chi connectivity index (χ1v) is 13.7. The molecule has 0 saturated heterocycles. The van der Waals surface area contributed by atoms with Gasteiger partial charge in [0.2, 0.25) is 0 Å². The average molecular weight is 805 g/mol. The molecule has 0 aliphatic rings. The summed E-state index contributed by atoms with van der Waals surface area (Å²) in [7, 11) is -6.65. The van der Waals surface area contributed by atoms with E-state index in [4.69, 9.17) is 19.9 Å². The minimum atomic E-state index is -6.65. The molecule has 0 aliphatic carbocycles. The van der Waals surface area contributed by atoms with Gasteiger partial charge in [-0.05, 0) is 0 Å². The number of benzene rings is 1. The lowest BCUT2D eigenvalue weighted by Crippen LogP contribution is -2.47. The third-order valence-corrected chi connectivity index (χ3v) is 5.91. The Kier molecular flexibility index (Phi) is 16.1. The van der Waals surface area contributed by atoms with E-state index >= 15 is 0 Å². The molecule has 50 heavy (non-hydrogen) atoms. The van der Waals surface area contributed by atoms with Crippen molar-refractivity contribution in [3.63, 3.8) is 0 Å². The summed E-state index contributed by atoms with van der Waals surface area (Å²) in [6, 6.07) is -2.03. The van der Waals surface area contributed by atoms with E-state index in [9.17, 15) is 87.4 Å². The predicted octanol–water partition coefficient (Wildman–Crippen LogP) is 4.81. The fourth-order valence-corrected chi connectivity index (χ4v) is 3.66. The van der Waals surface area contributed by atoms with Crippen LogP contribution in [0.3, 0.4) is 0 Å². The van der Waals surface area contributed by atoms with E-state index in [1.165, 1.54) is 0 Å². The summed E-state index contributed by atoms with van der Waals surface area (Å²) in [5.41, 5.74) is 0. The lowest BCUT2D eigenvalue weighted by Gasteiger charge is -2.28. The van der Waals surface area contributed by atoms with Crippen LogP contribution in [0.1, 0.15) is 0 Å². The van der Waals surface area contributed by atoms with Gasteiger partial charge in [0, 0.05) is 31.8 Å². The second-order valence-corrected chi connectivity index (χ2v) is 10.3. The normalized spacial score (nSPS) is 15.6. The van der Waals surface area contributed by atoms with E-state index < -0.39 is 99.8 Å². The number of hydrogen-bond donors (Lipinski definition) is 4. The van der Waals surface area contributed by atoms with E-state index in [-0.39, 0.29) is 19.8 Å². The highest BCUT2D eigenvalue weighted by Crippen LogP contribution is 2.47. The highest BCUT2D eigenvalue weighted by atomic mass is 32.2. The Morgan fingerprint density at radius 3 is 1.04 bits per heavy atom. The molecular weight excluding hydrogens is 784 g/mol. The van der Waals surface area contributed by atoms with Crippen LogP contribution in [0.2, 0.25) is 0 Å². The summed E-state index contributed by atoms with van der Waals surface area (Å²) in [5, 5.41) is 25.5. The Balaban J connectivity index is 0.00000207. The zero-order valence-electron chi connectivity index (χ0n) is 23.6. The Morgan fingerprint density at radius 1 is 0.560 bits per heavy atom. The van der Waals surface area contributed by atoms with Crippen molar-refractivity contribution in [2.75, 3.05) is 39.5 Å². The van der Waals surface area contributed by atoms with Gasteiger partial charge in [0.1, 0.15) is 5.75 Å². The minimum absolute atomic E-state index is 0.0694. The van der Waals surface area contributed by atoms with Crippen molar-refractivity contribution in [2.45, 2.75) is 60.3 Å².